The van der Waals surface area contributed by atoms with Gasteiger partial charge in [0.05, 0.1) is 0 Å². The molecular formula is C14H13N3. The fourth-order valence-electron chi connectivity index (χ4n) is 1.93. The fraction of sp³-hybridized carbons (Fsp3) is 0.143. The van der Waals surface area contributed by atoms with Gasteiger partial charge in [-0.3, -0.25) is 0 Å². The second-order valence-electron chi connectivity index (χ2n) is 4.13. The van der Waals surface area contributed by atoms with Gasteiger partial charge in [-0.1, -0.05) is 30.3 Å². The molecule has 0 aliphatic rings. The maximum atomic E-state index is 4.50. The zero-order valence-corrected chi connectivity index (χ0v) is 9.67. The van der Waals surface area contributed by atoms with Crippen molar-refractivity contribution in [1.29, 1.82) is 0 Å². The Morgan fingerprint density at radius 1 is 1.06 bits per heavy atom. The molecule has 0 unspecified atom stereocenters. The van der Waals surface area contributed by atoms with Crippen LogP contribution in [0.15, 0.2) is 48.7 Å². The smallest absolute Gasteiger partial charge is 0.156 e. The molecule has 0 radical (unpaired) electrons. The first-order valence-electron chi connectivity index (χ1n) is 5.68. The normalized spacial score (nSPS) is 10.9. The zero-order valence-electron chi connectivity index (χ0n) is 9.67. The van der Waals surface area contributed by atoms with Gasteiger partial charge in [0.2, 0.25) is 0 Å². The van der Waals surface area contributed by atoms with Crippen LogP contribution >= 0.6 is 0 Å². The Bertz CT molecular complexity index is 622. The molecule has 1 aromatic carbocycles. The molecule has 17 heavy (non-hydrogen) atoms. The maximum Gasteiger partial charge on any atom is 0.156 e. The molecule has 0 fully saturated rings. The van der Waals surface area contributed by atoms with E-state index in [4.69, 9.17) is 0 Å². The van der Waals surface area contributed by atoms with E-state index in [0.717, 1.165) is 17.9 Å². The minimum Gasteiger partial charge on any atom is -0.221 e. The van der Waals surface area contributed by atoms with E-state index in [1.807, 2.05) is 28.9 Å². The third-order valence-electron chi connectivity index (χ3n) is 2.89. The Hall–Kier alpha value is -2.16. The van der Waals surface area contributed by atoms with Crippen LogP contribution in [0, 0.1) is 6.92 Å². The van der Waals surface area contributed by atoms with Crippen LogP contribution in [0.4, 0.5) is 0 Å². The lowest BCUT2D eigenvalue weighted by Crippen LogP contribution is -1.94. The van der Waals surface area contributed by atoms with Gasteiger partial charge >= 0.3 is 0 Å². The summed E-state index contributed by atoms with van der Waals surface area (Å²) in [6, 6.07) is 14.2. The van der Waals surface area contributed by atoms with E-state index in [-0.39, 0.29) is 0 Å². The van der Waals surface area contributed by atoms with Gasteiger partial charge in [-0.15, -0.1) is 0 Å². The predicted molar refractivity (Wildman–Crippen MR) is 67.0 cm³/mol. The Labute approximate surface area is 99.7 Å². The number of pyridine rings is 1. The first-order chi connectivity index (χ1) is 8.33. The molecule has 0 amide bonds. The summed E-state index contributed by atoms with van der Waals surface area (Å²) in [5.74, 6) is 0.866. The number of aryl methyl sites for hydroxylation is 1. The molecule has 0 saturated heterocycles. The Morgan fingerprint density at radius 2 is 1.88 bits per heavy atom. The predicted octanol–water partition coefficient (Wildman–Crippen LogP) is 2.63. The van der Waals surface area contributed by atoms with Crippen LogP contribution in [-0.2, 0) is 6.42 Å². The van der Waals surface area contributed by atoms with Crippen molar-refractivity contribution in [3.63, 3.8) is 0 Å². The molecule has 3 heteroatoms. The molecule has 3 rings (SSSR count). The van der Waals surface area contributed by atoms with Crippen LogP contribution < -0.4 is 0 Å². The number of rotatable bonds is 2. The summed E-state index contributed by atoms with van der Waals surface area (Å²) in [4.78, 5) is 4.50. The number of aromatic nitrogens is 3. The summed E-state index contributed by atoms with van der Waals surface area (Å²) in [6.07, 6.45) is 2.71. The highest BCUT2D eigenvalue weighted by Crippen LogP contribution is 2.11. The SMILES string of the molecule is Cc1ccccc1Cc1nc2ccccn2n1. The van der Waals surface area contributed by atoms with Gasteiger partial charge in [0.15, 0.2) is 11.5 Å². The van der Waals surface area contributed by atoms with Crippen LogP contribution in [0.25, 0.3) is 5.65 Å². The van der Waals surface area contributed by atoms with Crippen molar-refractivity contribution >= 4 is 5.65 Å². The highest BCUT2D eigenvalue weighted by Gasteiger charge is 2.05. The molecule has 3 aromatic rings. The second kappa shape index (κ2) is 4.01. The Balaban J connectivity index is 1.98. The lowest BCUT2D eigenvalue weighted by molar-refractivity contribution is 0.897. The zero-order chi connectivity index (χ0) is 11.7. The van der Waals surface area contributed by atoms with E-state index in [1.165, 1.54) is 11.1 Å². The van der Waals surface area contributed by atoms with E-state index in [0.29, 0.717) is 0 Å². The summed E-state index contributed by atoms with van der Waals surface area (Å²) in [7, 11) is 0. The van der Waals surface area contributed by atoms with Crippen molar-refractivity contribution in [2.75, 3.05) is 0 Å². The summed E-state index contributed by atoms with van der Waals surface area (Å²) in [6.45, 7) is 2.12. The average molecular weight is 223 g/mol. The van der Waals surface area contributed by atoms with Gasteiger partial charge in [-0.2, -0.15) is 5.10 Å². The fourth-order valence-corrected chi connectivity index (χ4v) is 1.93. The standard InChI is InChI=1S/C14H13N3/c1-11-6-2-3-7-12(11)10-13-15-14-8-4-5-9-17(14)16-13/h2-9H,10H2,1H3. The molecule has 0 N–H and O–H groups in total. The maximum absolute atomic E-state index is 4.50. The van der Waals surface area contributed by atoms with Gasteiger partial charge < -0.3 is 0 Å². The summed E-state index contributed by atoms with van der Waals surface area (Å²) >= 11 is 0. The van der Waals surface area contributed by atoms with E-state index in [2.05, 4.69) is 41.3 Å². The van der Waals surface area contributed by atoms with Gasteiger partial charge in [0.25, 0.3) is 0 Å². The van der Waals surface area contributed by atoms with Gasteiger partial charge in [-0.05, 0) is 30.2 Å². The average Bonchev–Trinajstić information content (AvgIpc) is 2.74. The molecule has 0 aliphatic heterocycles. The molecule has 2 heterocycles. The number of hydrogen-bond acceptors (Lipinski definition) is 2. The molecule has 0 saturated carbocycles. The lowest BCUT2D eigenvalue weighted by Gasteiger charge is -2.01. The second-order valence-corrected chi connectivity index (χ2v) is 4.13. The van der Waals surface area contributed by atoms with E-state index < -0.39 is 0 Å². The molecular weight excluding hydrogens is 210 g/mol. The quantitative estimate of drug-likeness (QED) is 0.668. The van der Waals surface area contributed by atoms with E-state index in [9.17, 15) is 0 Å². The number of fused-ring (bicyclic) bond motifs is 1. The third-order valence-corrected chi connectivity index (χ3v) is 2.89. The minimum atomic E-state index is 0.786. The molecule has 0 atom stereocenters. The van der Waals surface area contributed by atoms with Crippen LogP contribution in [-0.4, -0.2) is 14.6 Å². The van der Waals surface area contributed by atoms with Crippen LogP contribution in [0.2, 0.25) is 0 Å². The van der Waals surface area contributed by atoms with Crippen LogP contribution in [0.1, 0.15) is 17.0 Å². The highest BCUT2D eigenvalue weighted by molar-refractivity contribution is 5.37. The van der Waals surface area contributed by atoms with E-state index in [1.54, 1.807) is 0 Å². The molecule has 0 aliphatic carbocycles. The summed E-state index contributed by atoms with van der Waals surface area (Å²) < 4.78 is 1.81. The Morgan fingerprint density at radius 3 is 2.71 bits per heavy atom. The summed E-state index contributed by atoms with van der Waals surface area (Å²) in [5.41, 5.74) is 3.46. The monoisotopic (exact) mass is 223 g/mol. The van der Waals surface area contributed by atoms with Crippen LogP contribution in [0.5, 0.6) is 0 Å². The van der Waals surface area contributed by atoms with Crippen molar-refractivity contribution in [1.82, 2.24) is 14.6 Å². The largest absolute Gasteiger partial charge is 0.221 e. The van der Waals surface area contributed by atoms with Crippen LogP contribution in [0.3, 0.4) is 0 Å². The molecule has 2 aromatic heterocycles. The molecule has 84 valence electrons. The Kier molecular flexibility index (Phi) is 2.37. The van der Waals surface area contributed by atoms with Gasteiger partial charge in [-0.25, -0.2) is 9.50 Å². The number of nitrogens with zero attached hydrogens (tertiary/aromatic N) is 3. The topological polar surface area (TPSA) is 30.2 Å². The first kappa shape index (κ1) is 10.0. The van der Waals surface area contributed by atoms with E-state index >= 15 is 0 Å². The van der Waals surface area contributed by atoms with Crippen molar-refractivity contribution < 1.29 is 0 Å². The minimum absolute atomic E-state index is 0.786. The first-order valence-corrected chi connectivity index (χ1v) is 5.68. The molecule has 0 spiro atoms. The number of hydrogen-bond donors (Lipinski definition) is 0. The van der Waals surface area contributed by atoms with Gasteiger partial charge in [0, 0.05) is 12.6 Å². The van der Waals surface area contributed by atoms with Crippen molar-refractivity contribution in [2.45, 2.75) is 13.3 Å². The van der Waals surface area contributed by atoms with Crippen molar-refractivity contribution in [3.8, 4) is 0 Å². The molecule has 0 bridgehead atoms. The third kappa shape index (κ3) is 1.91. The highest BCUT2D eigenvalue weighted by atomic mass is 15.3. The van der Waals surface area contributed by atoms with Gasteiger partial charge in [0.1, 0.15) is 0 Å². The van der Waals surface area contributed by atoms with Crippen molar-refractivity contribution in [3.05, 3.63) is 65.6 Å². The summed E-state index contributed by atoms with van der Waals surface area (Å²) in [5, 5.41) is 4.45. The number of benzene rings is 1. The molecule has 3 nitrogen and oxygen atoms in total. The van der Waals surface area contributed by atoms with Crippen molar-refractivity contribution in [2.24, 2.45) is 0 Å². The lowest BCUT2D eigenvalue weighted by atomic mass is 10.1.